The topological polar surface area (TPSA) is 81.0 Å². The van der Waals surface area contributed by atoms with Gasteiger partial charge in [-0.1, -0.05) is 53.7 Å². The lowest BCUT2D eigenvalue weighted by Gasteiger charge is -2.04. The summed E-state index contributed by atoms with van der Waals surface area (Å²) >= 11 is 7.23. The average molecular weight is 400 g/mol. The summed E-state index contributed by atoms with van der Waals surface area (Å²) in [6, 6.07) is 14.8. The van der Waals surface area contributed by atoms with Crippen LogP contribution in [0.3, 0.4) is 0 Å². The van der Waals surface area contributed by atoms with Crippen LogP contribution in [0.15, 0.2) is 64.4 Å². The van der Waals surface area contributed by atoms with E-state index in [4.69, 9.17) is 20.8 Å². The van der Waals surface area contributed by atoms with E-state index in [1.807, 2.05) is 36.4 Å². The summed E-state index contributed by atoms with van der Waals surface area (Å²) < 4.78 is 11.1. The number of halogens is 1. The molecule has 0 unspecified atom stereocenters. The van der Waals surface area contributed by atoms with Gasteiger partial charge in [0, 0.05) is 22.7 Å². The van der Waals surface area contributed by atoms with Crippen molar-refractivity contribution >= 4 is 40.0 Å². The van der Waals surface area contributed by atoms with Gasteiger partial charge in [-0.25, -0.2) is 0 Å². The van der Waals surface area contributed by atoms with Gasteiger partial charge in [0.2, 0.25) is 0 Å². The number of benzene rings is 2. The molecular formula is C19H14ClN3O3S. The first-order valence-electron chi connectivity index (χ1n) is 8.12. The fourth-order valence-electron chi connectivity index (χ4n) is 2.56. The molecule has 0 saturated heterocycles. The molecule has 2 aromatic heterocycles. The first-order chi connectivity index (χ1) is 13.2. The van der Waals surface area contributed by atoms with Crippen LogP contribution in [0.5, 0.6) is 5.75 Å². The third kappa shape index (κ3) is 3.99. The number of rotatable bonds is 7. The second-order valence-corrected chi connectivity index (χ2v) is 6.97. The smallest absolute Gasteiger partial charge is 0.277 e. The summed E-state index contributed by atoms with van der Waals surface area (Å²) in [5, 5.41) is 9.60. The van der Waals surface area contributed by atoms with Crippen LogP contribution < -0.4 is 4.74 Å². The normalized spacial score (nSPS) is 11.0. The molecule has 0 bridgehead atoms. The standard InChI is InChI=1S/C19H14ClN3O3S/c20-14-6-2-4-8-17(14)25-10-18-22-23-19(26-18)27-11-16(24)13-9-21-15-7-3-1-5-12(13)15/h1-9,21H,10-11H2. The van der Waals surface area contributed by atoms with Crippen molar-refractivity contribution in [1.82, 2.24) is 15.2 Å². The number of Topliss-reactive ketones (excluding diaryl/α,β-unsaturated/α-hetero) is 1. The van der Waals surface area contributed by atoms with Gasteiger partial charge in [-0.15, -0.1) is 10.2 Å². The molecule has 0 atom stereocenters. The number of aromatic amines is 1. The number of aromatic nitrogens is 3. The Kier molecular flexibility index (Phi) is 5.13. The fraction of sp³-hybridized carbons (Fsp3) is 0.105. The number of hydrogen-bond donors (Lipinski definition) is 1. The van der Waals surface area contributed by atoms with E-state index in [1.165, 1.54) is 11.8 Å². The number of carbonyl (C=O) groups excluding carboxylic acids is 1. The Bertz CT molecular complexity index is 1090. The molecule has 1 N–H and O–H groups in total. The fourth-order valence-corrected chi connectivity index (χ4v) is 3.42. The van der Waals surface area contributed by atoms with Gasteiger partial charge >= 0.3 is 0 Å². The maximum atomic E-state index is 12.5. The van der Waals surface area contributed by atoms with Crippen LogP contribution in [0, 0.1) is 0 Å². The molecule has 136 valence electrons. The minimum Gasteiger partial charge on any atom is -0.482 e. The summed E-state index contributed by atoms with van der Waals surface area (Å²) in [6.45, 7) is 0.105. The Labute approximate surface area is 163 Å². The molecule has 4 rings (SSSR count). The first kappa shape index (κ1) is 17.6. The van der Waals surface area contributed by atoms with E-state index in [1.54, 1.807) is 18.3 Å². The van der Waals surface area contributed by atoms with Crippen molar-refractivity contribution in [3.05, 3.63) is 71.2 Å². The Morgan fingerprint density at radius 2 is 1.96 bits per heavy atom. The Hall–Kier alpha value is -2.77. The SMILES string of the molecule is O=C(CSc1nnc(COc2ccccc2Cl)o1)c1c[nH]c2ccccc12. The number of hydrogen-bond acceptors (Lipinski definition) is 6. The molecule has 0 aliphatic carbocycles. The highest BCUT2D eigenvalue weighted by Crippen LogP contribution is 2.25. The van der Waals surface area contributed by atoms with Crippen molar-refractivity contribution in [3.63, 3.8) is 0 Å². The molecule has 0 aliphatic heterocycles. The van der Waals surface area contributed by atoms with Crippen molar-refractivity contribution in [2.45, 2.75) is 11.8 Å². The van der Waals surface area contributed by atoms with Crippen molar-refractivity contribution in [2.24, 2.45) is 0 Å². The molecule has 0 spiro atoms. The lowest BCUT2D eigenvalue weighted by atomic mass is 10.1. The average Bonchev–Trinajstić information content (AvgIpc) is 3.32. The Morgan fingerprint density at radius 3 is 2.85 bits per heavy atom. The van der Waals surface area contributed by atoms with Gasteiger partial charge in [0.1, 0.15) is 5.75 Å². The molecule has 0 amide bonds. The van der Waals surface area contributed by atoms with Gasteiger partial charge in [0.25, 0.3) is 11.1 Å². The molecule has 6 nitrogen and oxygen atoms in total. The maximum absolute atomic E-state index is 12.5. The van der Waals surface area contributed by atoms with E-state index in [0.717, 1.165) is 10.9 Å². The molecule has 0 fully saturated rings. The number of nitrogens with one attached hydrogen (secondary N) is 1. The van der Waals surface area contributed by atoms with Crippen molar-refractivity contribution in [2.75, 3.05) is 5.75 Å². The van der Waals surface area contributed by atoms with Crippen molar-refractivity contribution < 1.29 is 13.9 Å². The summed E-state index contributed by atoms with van der Waals surface area (Å²) in [5.74, 6) is 1.05. The molecule has 2 heterocycles. The minimum absolute atomic E-state index is 0.00971. The number of thioether (sulfide) groups is 1. The molecule has 0 saturated carbocycles. The van der Waals surface area contributed by atoms with Crippen LogP contribution in [-0.2, 0) is 6.61 Å². The number of para-hydroxylation sites is 2. The van der Waals surface area contributed by atoms with E-state index in [2.05, 4.69) is 15.2 Å². The van der Waals surface area contributed by atoms with Crippen LogP contribution in [0.1, 0.15) is 16.2 Å². The van der Waals surface area contributed by atoms with Gasteiger partial charge in [0.05, 0.1) is 10.8 Å². The largest absolute Gasteiger partial charge is 0.482 e. The molecular weight excluding hydrogens is 386 g/mol. The third-order valence-electron chi connectivity index (χ3n) is 3.85. The number of ketones is 1. The highest BCUT2D eigenvalue weighted by atomic mass is 35.5. The van der Waals surface area contributed by atoms with Gasteiger partial charge in [-0.05, 0) is 18.2 Å². The van der Waals surface area contributed by atoms with Gasteiger partial charge in [0.15, 0.2) is 12.4 Å². The highest BCUT2D eigenvalue weighted by molar-refractivity contribution is 7.99. The third-order valence-corrected chi connectivity index (χ3v) is 4.98. The predicted octanol–water partition coefficient (Wildman–Crippen LogP) is 4.76. The monoisotopic (exact) mass is 399 g/mol. The zero-order valence-electron chi connectivity index (χ0n) is 14.0. The van der Waals surface area contributed by atoms with Crippen LogP contribution in [0.25, 0.3) is 10.9 Å². The number of ether oxygens (including phenoxy) is 1. The zero-order chi connectivity index (χ0) is 18.6. The number of H-pyrrole nitrogens is 1. The number of nitrogens with zero attached hydrogens (tertiary/aromatic N) is 2. The zero-order valence-corrected chi connectivity index (χ0v) is 15.6. The van der Waals surface area contributed by atoms with Crippen molar-refractivity contribution in [3.8, 4) is 5.75 Å². The Morgan fingerprint density at radius 1 is 1.15 bits per heavy atom. The number of carbonyl (C=O) groups is 1. The van der Waals surface area contributed by atoms with Crippen LogP contribution >= 0.6 is 23.4 Å². The molecule has 27 heavy (non-hydrogen) atoms. The quantitative estimate of drug-likeness (QED) is 0.356. The molecule has 4 aromatic rings. The van der Waals surface area contributed by atoms with E-state index in [0.29, 0.717) is 27.4 Å². The van der Waals surface area contributed by atoms with Crippen LogP contribution in [0.2, 0.25) is 5.02 Å². The summed E-state index contributed by atoms with van der Waals surface area (Å²) in [7, 11) is 0. The van der Waals surface area contributed by atoms with Gasteiger partial charge in [-0.2, -0.15) is 0 Å². The first-order valence-corrected chi connectivity index (χ1v) is 9.49. The lowest BCUT2D eigenvalue weighted by molar-refractivity contribution is 0.102. The summed E-state index contributed by atoms with van der Waals surface area (Å²) in [5.41, 5.74) is 1.59. The van der Waals surface area contributed by atoms with Gasteiger partial charge < -0.3 is 14.1 Å². The minimum atomic E-state index is -0.00971. The molecule has 0 aliphatic rings. The molecule has 2 aromatic carbocycles. The Balaban J connectivity index is 1.35. The van der Waals surface area contributed by atoms with Crippen LogP contribution in [-0.4, -0.2) is 26.7 Å². The second kappa shape index (κ2) is 7.85. The lowest BCUT2D eigenvalue weighted by Crippen LogP contribution is -2.01. The van der Waals surface area contributed by atoms with Crippen LogP contribution in [0.4, 0.5) is 0 Å². The highest BCUT2D eigenvalue weighted by Gasteiger charge is 2.15. The molecule has 8 heteroatoms. The number of fused-ring (bicyclic) bond motifs is 1. The van der Waals surface area contributed by atoms with E-state index >= 15 is 0 Å². The predicted molar refractivity (Wildman–Crippen MR) is 103 cm³/mol. The second-order valence-electron chi connectivity index (χ2n) is 5.64. The van der Waals surface area contributed by atoms with E-state index in [-0.39, 0.29) is 18.1 Å². The van der Waals surface area contributed by atoms with E-state index < -0.39 is 0 Å². The van der Waals surface area contributed by atoms with Gasteiger partial charge in [-0.3, -0.25) is 4.79 Å². The maximum Gasteiger partial charge on any atom is 0.277 e. The summed E-state index contributed by atoms with van der Waals surface area (Å²) in [6.07, 6.45) is 1.73. The van der Waals surface area contributed by atoms with E-state index in [9.17, 15) is 4.79 Å². The molecule has 0 radical (unpaired) electrons. The summed E-state index contributed by atoms with van der Waals surface area (Å²) in [4.78, 5) is 15.6. The van der Waals surface area contributed by atoms with Crippen molar-refractivity contribution in [1.29, 1.82) is 0 Å².